The second-order valence-electron chi connectivity index (χ2n) is 5.34. The Morgan fingerprint density at radius 1 is 1.40 bits per heavy atom. The second kappa shape index (κ2) is 9.10. The standard InChI is InChI=1S/C14H26N2O3S/c1-3-4-11-5-8-16(9-6-11)14(19)15-12(13(17)18)7-10-20-2/h11-12H,3-10H2,1-2H3,(H,15,19)(H,17,18). The van der Waals surface area contributed by atoms with Crippen molar-refractivity contribution in [3.8, 4) is 0 Å². The maximum Gasteiger partial charge on any atom is 0.326 e. The molecule has 0 bridgehead atoms. The van der Waals surface area contributed by atoms with Gasteiger partial charge in [-0.2, -0.15) is 11.8 Å². The monoisotopic (exact) mass is 302 g/mol. The molecule has 0 aromatic rings. The van der Waals surface area contributed by atoms with Crippen molar-refractivity contribution in [2.24, 2.45) is 5.92 Å². The molecule has 1 saturated heterocycles. The lowest BCUT2D eigenvalue weighted by Gasteiger charge is -2.32. The Morgan fingerprint density at radius 2 is 2.05 bits per heavy atom. The summed E-state index contributed by atoms with van der Waals surface area (Å²) in [6.45, 7) is 3.67. The molecule has 1 rings (SSSR count). The zero-order valence-electron chi connectivity index (χ0n) is 12.4. The van der Waals surface area contributed by atoms with Gasteiger partial charge in [-0.15, -0.1) is 0 Å². The lowest BCUT2D eigenvalue weighted by molar-refractivity contribution is -0.139. The number of carboxylic acid groups (broad SMARTS) is 1. The van der Waals surface area contributed by atoms with Gasteiger partial charge in [-0.3, -0.25) is 0 Å². The van der Waals surface area contributed by atoms with Crippen LogP contribution in [-0.4, -0.2) is 53.1 Å². The number of hydrogen-bond donors (Lipinski definition) is 2. The van der Waals surface area contributed by atoms with Gasteiger partial charge >= 0.3 is 12.0 Å². The normalized spacial score (nSPS) is 17.8. The molecular weight excluding hydrogens is 276 g/mol. The molecule has 1 atom stereocenters. The van der Waals surface area contributed by atoms with Crippen LogP contribution in [0, 0.1) is 5.92 Å². The molecule has 1 aliphatic rings. The Hall–Kier alpha value is -0.910. The van der Waals surface area contributed by atoms with Gasteiger partial charge in [0, 0.05) is 13.1 Å². The average Bonchev–Trinajstić information content (AvgIpc) is 2.44. The minimum absolute atomic E-state index is 0.228. The molecule has 116 valence electrons. The Labute approximate surface area is 125 Å². The van der Waals surface area contributed by atoms with Crippen molar-refractivity contribution in [2.75, 3.05) is 25.1 Å². The molecule has 1 fully saturated rings. The molecule has 6 heteroatoms. The third kappa shape index (κ3) is 5.61. The van der Waals surface area contributed by atoms with Gasteiger partial charge in [0.15, 0.2) is 0 Å². The van der Waals surface area contributed by atoms with Crippen LogP contribution < -0.4 is 5.32 Å². The highest BCUT2D eigenvalue weighted by atomic mass is 32.2. The van der Waals surface area contributed by atoms with E-state index in [9.17, 15) is 9.59 Å². The fraction of sp³-hybridized carbons (Fsp3) is 0.857. The summed E-state index contributed by atoms with van der Waals surface area (Å²) in [6.07, 6.45) is 6.87. The molecular formula is C14H26N2O3S. The number of aliphatic carboxylic acids is 1. The maximum absolute atomic E-state index is 12.1. The molecule has 1 unspecified atom stereocenters. The van der Waals surface area contributed by atoms with E-state index in [1.807, 2.05) is 6.26 Å². The van der Waals surface area contributed by atoms with Crippen LogP contribution in [0.1, 0.15) is 39.0 Å². The highest BCUT2D eigenvalue weighted by Crippen LogP contribution is 2.21. The predicted octanol–water partition coefficient (Wildman–Crippen LogP) is 2.41. The van der Waals surface area contributed by atoms with Gasteiger partial charge in [0.25, 0.3) is 0 Å². The number of rotatable bonds is 7. The summed E-state index contributed by atoms with van der Waals surface area (Å²) in [5.41, 5.74) is 0. The number of thioether (sulfide) groups is 1. The topological polar surface area (TPSA) is 69.6 Å². The van der Waals surface area contributed by atoms with E-state index >= 15 is 0 Å². The number of hydrogen-bond acceptors (Lipinski definition) is 3. The van der Waals surface area contributed by atoms with Gasteiger partial charge in [-0.05, 0) is 37.2 Å². The molecule has 0 saturated carbocycles. The third-order valence-electron chi connectivity index (χ3n) is 3.81. The minimum Gasteiger partial charge on any atom is -0.480 e. The molecule has 5 nitrogen and oxygen atoms in total. The first-order valence-electron chi connectivity index (χ1n) is 7.35. The van der Waals surface area contributed by atoms with Crippen LogP contribution in [0.15, 0.2) is 0 Å². The van der Waals surface area contributed by atoms with Crippen molar-refractivity contribution in [1.29, 1.82) is 0 Å². The molecule has 20 heavy (non-hydrogen) atoms. The largest absolute Gasteiger partial charge is 0.480 e. The van der Waals surface area contributed by atoms with E-state index in [0.29, 0.717) is 6.42 Å². The Kier molecular flexibility index (Phi) is 7.80. The Morgan fingerprint density at radius 3 is 2.55 bits per heavy atom. The lowest BCUT2D eigenvalue weighted by Crippen LogP contribution is -2.50. The van der Waals surface area contributed by atoms with E-state index in [-0.39, 0.29) is 6.03 Å². The van der Waals surface area contributed by atoms with Crippen LogP contribution in [0.5, 0.6) is 0 Å². The minimum atomic E-state index is -0.951. The quantitative estimate of drug-likeness (QED) is 0.758. The van der Waals surface area contributed by atoms with Crippen molar-refractivity contribution in [3.05, 3.63) is 0 Å². The molecule has 1 aliphatic heterocycles. The summed E-state index contributed by atoms with van der Waals surface area (Å²) < 4.78 is 0. The Balaban J connectivity index is 2.39. The number of carboxylic acids is 1. The number of carbonyl (C=O) groups is 2. The molecule has 1 heterocycles. The molecule has 0 spiro atoms. The second-order valence-corrected chi connectivity index (χ2v) is 6.33. The fourth-order valence-corrected chi connectivity index (χ4v) is 3.04. The predicted molar refractivity (Wildman–Crippen MR) is 82.2 cm³/mol. The molecule has 0 aliphatic carbocycles. The smallest absolute Gasteiger partial charge is 0.326 e. The van der Waals surface area contributed by atoms with Crippen LogP contribution in [0.2, 0.25) is 0 Å². The van der Waals surface area contributed by atoms with Crippen LogP contribution in [0.4, 0.5) is 4.79 Å². The fourth-order valence-electron chi connectivity index (χ4n) is 2.57. The summed E-state index contributed by atoms with van der Waals surface area (Å²) in [6, 6.07) is -1.00. The van der Waals surface area contributed by atoms with Gasteiger partial charge in [0.2, 0.25) is 0 Å². The number of amides is 2. The van der Waals surface area contributed by atoms with Crippen molar-refractivity contribution >= 4 is 23.8 Å². The molecule has 0 aromatic carbocycles. The third-order valence-corrected chi connectivity index (χ3v) is 4.45. The highest BCUT2D eigenvalue weighted by molar-refractivity contribution is 7.98. The number of piperidine rings is 1. The summed E-state index contributed by atoms with van der Waals surface area (Å²) in [5, 5.41) is 11.8. The van der Waals surface area contributed by atoms with E-state index in [0.717, 1.165) is 37.6 Å². The number of urea groups is 1. The van der Waals surface area contributed by atoms with Crippen molar-refractivity contribution in [2.45, 2.75) is 45.1 Å². The first-order valence-corrected chi connectivity index (χ1v) is 8.75. The Bertz CT molecular complexity index is 318. The molecule has 0 radical (unpaired) electrons. The summed E-state index contributed by atoms with van der Waals surface area (Å²) >= 11 is 1.59. The first kappa shape index (κ1) is 17.1. The SMILES string of the molecule is CCCC1CCN(C(=O)NC(CCSC)C(=O)O)CC1. The number of carbonyl (C=O) groups excluding carboxylic acids is 1. The first-order chi connectivity index (χ1) is 9.58. The van der Waals surface area contributed by atoms with Gasteiger partial charge in [-0.25, -0.2) is 9.59 Å². The van der Waals surface area contributed by atoms with Gasteiger partial charge in [0.05, 0.1) is 0 Å². The summed E-state index contributed by atoms with van der Waals surface area (Å²) in [4.78, 5) is 25.0. The van der Waals surface area contributed by atoms with E-state index in [4.69, 9.17) is 5.11 Å². The zero-order chi connectivity index (χ0) is 15.0. The van der Waals surface area contributed by atoms with Gasteiger partial charge in [0.1, 0.15) is 6.04 Å². The van der Waals surface area contributed by atoms with Gasteiger partial charge in [-0.1, -0.05) is 19.8 Å². The molecule has 2 amide bonds. The average molecular weight is 302 g/mol. The van der Waals surface area contributed by atoms with Crippen molar-refractivity contribution < 1.29 is 14.7 Å². The van der Waals surface area contributed by atoms with Crippen molar-refractivity contribution in [3.63, 3.8) is 0 Å². The lowest BCUT2D eigenvalue weighted by atomic mass is 9.93. The molecule has 0 aromatic heterocycles. The van der Waals surface area contributed by atoms with E-state index < -0.39 is 12.0 Å². The van der Waals surface area contributed by atoms with Crippen LogP contribution in [0.25, 0.3) is 0 Å². The summed E-state index contributed by atoms with van der Waals surface area (Å²) in [5.74, 6) is 0.500. The van der Waals surface area contributed by atoms with Crippen LogP contribution in [-0.2, 0) is 4.79 Å². The number of likely N-dealkylation sites (tertiary alicyclic amines) is 1. The van der Waals surface area contributed by atoms with Crippen LogP contribution >= 0.6 is 11.8 Å². The summed E-state index contributed by atoms with van der Waals surface area (Å²) in [7, 11) is 0. The van der Waals surface area contributed by atoms with Gasteiger partial charge < -0.3 is 15.3 Å². The van der Waals surface area contributed by atoms with E-state index in [1.165, 1.54) is 12.8 Å². The highest BCUT2D eigenvalue weighted by Gasteiger charge is 2.26. The maximum atomic E-state index is 12.1. The van der Waals surface area contributed by atoms with Crippen molar-refractivity contribution in [1.82, 2.24) is 10.2 Å². The number of nitrogens with one attached hydrogen (secondary N) is 1. The van der Waals surface area contributed by atoms with Crippen LogP contribution in [0.3, 0.4) is 0 Å². The zero-order valence-corrected chi connectivity index (χ0v) is 13.2. The number of nitrogens with zero attached hydrogens (tertiary/aromatic N) is 1. The van der Waals surface area contributed by atoms with E-state index in [2.05, 4.69) is 12.2 Å². The van der Waals surface area contributed by atoms with E-state index in [1.54, 1.807) is 16.7 Å². The molecule has 2 N–H and O–H groups in total.